The minimum atomic E-state index is -0.105. The quantitative estimate of drug-likeness (QED) is 0.366. The van der Waals surface area contributed by atoms with Crippen molar-refractivity contribution in [2.45, 2.75) is 25.7 Å². The first-order valence-corrected chi connectivity index (χ1v) is 12.1. The number of pyridine rings is 1. The normalized spacial score (nSPS) is 16.9. The topological polar surface area (TPSA) is 58.4 Å². The van der Waals surface area contributed by atoms with E-state index in [1.807, 2.05) is 42.5 Å². The molecule has 1 amide bonds. The lowest BCUT2D eigenvalue weighted by atomic mass is 10.1. The van der Waals surface area contributed by atoms with E-state index in [2.05, 4.69) is 40.5 Å². The van der Waals surface area contributed by atoms with Crippen LogP contribution in [0.4, 0.5) is 5.69 Å². The summed E-state index contributed by atoms with van der Waals surface area (Å²) in [6.07, 6.45) is 6.62. The number of aryl methyl sites for hydroxylation is 1. The van der Waals surface area contributed by atoms with Crippen molar-refractivity contribution in [2.75, 3.05) is 25.0 Å². The van der Waals surface area contributed by atoms with E-state index < -0.39 is 0 Å². The predicted molar refractivity (Wildman–Crippen MR) is 136 cm³/mol. The van der Waals surface area contributed by atoms with Crippen molar-refractivity contribution in [2.24, 2.45) is 0 Å². The molecule has 4 heterocycles. The summed E-state index contributed by atoms with van der Waals surface area (Å²) in [7, 11) is 0. The molecule has 2 aliphatic heterocycles. The maximum absolute atomic E-state index is 12.4. The molecule has 2 aromatic heterocycles. The molecule has 2 aromatic carbocycles. The van der Waals surface area contributed by atoms with Crippen molar-refractivity contribution < 1.29 is 9.21 Å². The number of rotatable bonds is 6. The van der Waals surface area contributed by atoms with Gasteiger partial charge >= 0.3 is 0 Å². The Labute approximate surface area is 199 Å². The summed E-state index contributed by atoms with van der Waals surface area (Å²) in [5.41, 5.74) is 5.46. The van der Waals surface area contributed by atoms with E-state index in [9.17, 15) is 4.79 Å². The summed E-state index contributed by atoms with van der Waals surface area (Å²) < 4.78 is 6.11. The number of likely N-dealkylation sites (tertiary alicyclic amines) is 1. The van der Waals surface area contributed by atoms with E-state index in [0.29, 0.717) is 11.3 Å². The lowest BCUT2D eigenvalue weighted by molar-refractivity contribution is -0.110. The van der Waals surface area contributed by atoms with Gasteiger partial charge in [0, 0.05) is 27.9 Å². The highest BCUT2D eigenvalue weighted by Crippen LogP contribution is 2.34. The van der Waals surface area contributed by atoms with Gasteiger partial charge in [-0.1, -0.05) is 36.4 Å². The van der Waals surface area contributed by atoms with Gasteiger partial charge in [0.05, 0.1) is 11.1 Å². The van der Waals surface area contributed by atoms with Gasteiger partial charge in [0.15, 0.2) is 0 Å². The van der Waals surface area contributed by atoms with Gasteiger partial charge in [0.1, 0.15) is 11.5 Å². The van der Waals surface area contributed by atoms with E-state index in [4.69, 9.17) is 9.40 Å². The average Bonchev–Trinajstić information content (AvgIpc) is 3.60. The molecule has 0 bridgehead atoms. The summed E-state index contributed by atoms with van der Waals surface area (Å²) >= 11 is 0. The van der Waals surface area contributed by atoms with Gasteiger partial charge in [-0.15, -0.1) is 0 Å². The average molecular weight is 450 g/mol. The van der Waals surface area contributed by atoms with Crippen LogP contribution in [0.15, 0.2) is 71.1 Å². The first-order chi connectivity index (χ1) is 16.7. The Morgan fingerprint density at radius 1 is 1.00 bits per heavy atom. The van der Waals surface area contributed by atoms with Crippen molar-refractivity contribution in [1.82, 2.24) is 9.88 Å². The minimum Gasteiger partial charge on any atom is -0.457 e. The van der Waals surface area contributed by atoms with Crippen LogP contribution in [0.2, 0.25) is 0 Å². The SMILES string of the molecule is O=C1Nc2ccccc2/C1=C\c1ccc(-c2ccc3ccc(CCCN4CCCC4)nc3c2)o1. The Kier molecular flexibility index (Phi) is 5.47. The van der Waals surface area contributed by atoms with Crippen molar-refractivity contribution in [3.05, 3.63) is 83.7 Å². The second kappa shape index (κ2) is 8.92. The fourth-order valence-electron chi connectivity index (χ4n) is 4.95. The molecule has 6 rings (SSSR count). The largest absolute Gasteiger partial charge is 0.457 e. The highest BCUT2D eigenvalue weighted by Gasteiger charge is 2.23. The molecule has 0 radical (unpaired) electrons. The molecule has 0 saturated carbocycles. The number of fused-ring (bicyclic) bond motifs is 2. The second-order valence-corrected chi connectivity index (χ2v) is 9.12. The van der Waals surface area contributed by atoms with Crippen LogP contribution in [0.5, 0.6) is 0 Å². The van der Waals surface area contributed by atoms with Crippen molar-refractivity contribution in [3.63, 3.8) is 0 Å². The van der Waals surface area contributed by atoms with E-state index >= 15 is 0 Å². The van der Waals surface area contributed by atoms with Crippen LogP contribution in [0, 0.1) is 0 Å². The van der Waals surface area contributed by atoms with Crippen molar-refractivity contribution in [3.8, 4) is 11.3 Å². The first-order valence-electron chi connectivity index (χ1n) is 12.1. The maximum atomic E-state index is 12.4. The standard InChI is InChI=1S/C29H27N3O2/c33-29-25(24-7-1-2-8-26(24)31-29)19-23-13-14-28(34-23)21-10-9-20-11-12-22(30-27(20)18-21)6-5-17-32-15-3-4-16-32/h1-2,7-14,18-19H,3-6,15-17H2,(H,31,33)/b25-19+. The number of carbonyl (C=O) groups is 1. The molecule has 2 aliphatic rings. The number of para-hydroxylation sites is 1. The molecule has 5 heteroatoms. The summed E-state index contributed by atoms with van der Waals surface area (Å²) in [4.78, 5) is 19.9. The number of anilines is 1. The molecular weight excluding hydrogens is 422 g/mol. The molecule has 34 heavy (non-hydrogen) atoms. The van der Waals surface area contributed by atoms with Crippen LogP contribution in [0.1, 0.15) is 36.3 Å². The van der Waals surface area contributed by atoms with Gasteiger partial charge in [-0.2, -0.15) is 0 Å². The lowest BCUT2D eigenvalue weighted by Crippen LogP contribution is -2.20. The summed E-state index contributed by atoms with van der Waals surface area (Å²) in [5, 5.41) is 4.03. The molecule has 1 fully saturated rings. The zero-order valence-corrected chi connectivity index (χ0v) is 19.1. The number of nitrogens with one attached hydrogen (secondary N) is 1. The van der Waals surface area contributed by atoms with E-state index in [1.54, 1.807) is 0 Å². The fraction of sp³-hybridized carbons (Fsp3) is 0.241. The van der Waals surface area contributed by atoms with E-state index in [1.165, 1.54) is 25.9 Å². The minimum absolute atomic E-state index is 0.105. The lowest BCUT2D eigenvalue weighted by Gasteiger charge is -2.13. The molecule has 0 atom stereocenters. The number of nitrogens with zero attached hydrogens (tertiary/aromatic N) is 2. The van der Waals surface area contributed by atoms with Gasteiger partial charge in [0.25, 0.3) is 5.91 Å². The predicted octanol–water partition coefficient (Wildman–Crippen LogP) is 6.02. The molecule has 1 saturated heterocycles. The molecular formula is C29H27N3O2. The maximum Gasteiger partial charge on any atom is 0.256 e. The molecule has 1 N–H and O–H groups in total. The number of aromatic nitrogens is 1. The van der Waals surface area contributed by atoms with E-state index in [0.717, 1.165) is 58.6 Å². The van der Waals surface area contributed by atoms with Crippen LogP contribution in [0.3, 0.4) is 0 Å². The number of hydrogen-bond donors (Lipinski definition) is 1. The number of carbonyl (C=O) groups excluding carboxylic acids is 1. The number of furan rings is 1. The van der Waals surface area contributed by atoms with Gasteiger partial charge in [-0.25, -0.2) is 0 Å². The molecule has 170 valence electrons. The van der Waals surface area contributed by atoms with E-state index in [-0.39, 0.29) is 5.91 Å². The zero-order valence-electron chi connectivity index (χ0n) is 19.1. The van der Waals surface area contributed by atoms with Crippen LogP contribution in [0.25, 0.3) is 33.9 Å². The van der Waals surface area contributed by atoms with Crippen LogP contribution < -0.4 is 5.32 Å². The Morgan fingerprint density at radius 3 is 2.76 bits per heavy atom. The van der Waals surface area contributed by atoms with Crippen LogP contribution >= 0.6 is 0 Å². The molecule has 5 nitrogen and oxygen atoms in total. The number of benzene rings is 2. The van der Waals surface area contributed by atoms with Gasteiger partial charge in [-0.05, 0) is 81.7 Å². The van der Waals surface area contributed by atoms with Gasteiger partial charge in [0.2, 0.25) is 0 Å². The van der Waals surface area contributed by atoms with Crippen molar-refractivity contribution in [1.29, 1.82) is 0 Å². The highest BCUT2D eigenvalue weighted by atomic mass is 16.3. The highest BCUT2D eigenvalue weighted by molar-refractivity contribution is 6.34. The Balaban J connectivity index is 1.22. The molecule has 0 aliphatic carbocycles. The van der Waals surface area contributed by atoms with Crippen LogP contribution in [-0.2, 0) is 11.2 Å². The van der Waals surface area contributed by atoms with Gasteiger partial charge in [-0.3, -0.25) is 9.78 Å². The Morgan fingerprint density at radius 2 is 1.85 bits per heavy atom. The first kappa shape index (κ1) is 20.9. The van der Waals surface area contributed by atoms with Crippen molar-refractivity contribution >= 4 is 34.1 Å². The Hall–Kier alpha value is -3.70. The third kappa shape index (κ3) is 4.15. The second-order valence-electron chi connectivity index (χ2n) is 9.12. The summed E-state index contributed by atoms with van der Waals surface area (Å²) in [6, 6.07) is 22.1. The molecule has 4 aromatic rings. The third-order valence-electron chi connectivity index (χ3n) is 6.76. The number of hydrogen-bond acceptors (Lipinski definition) is 4. The molecule has 0 spiro atoms. The monoisotopic (exact) mass is 449 g/mol. The van der Waals surface area contributed by atoms with Gasteiger partial charge < -0.3 is 14.6 Å². The number of amides is 1. The zero-order chi connectivity index (χ0) is 22.9. The smallest absolute Gasteiger partial charge is 0.256 e. The summed E-state index contributed by atoms with van der Waals surface area (Å²) in [6.45, 7) is 3.65. The molecule has 0 unspecified atom stereocenters. The summed E-state index contributed by atoms with van der Waals surface area (Å²) in [5.74, 6) is 1.31. The van der Waals surface area contributed by atoms with Crippen LogP contribution in [-0.4, -0.2) is 35.4 Å². The third-order valence-corrected chi connectivity index (χ3v) is 6.76. The fourth-order valence-corrected chi connectivity index (χ4v) is 4.95. The Bertz CT molecular complexity index is 1400.